The Balaban J connectivity index is 2.43. The summed E-state index contributed by atoms with van der Waals surface area (Å²) in [6, 6.07) is 4.53. The molecule has 0 amide bonds. The first-order valence-electron chi connectivity index (χ1n) is 5.49. The maximum atomic E-state index is 10.9. The lowest BCUT2D eigenvalue weighted by atomic mass is 10.1. The van der Waals surface area contributed by atoms with Crippen molar-refractivity contribution < 1.29 is 4.92 Å². The van der Waals surface area contributed by atoms with Gasteiger partial charge in [-0.05, 0) is 12.1 Å². The molecule has 0 saturated carbocycles. The van der Waals surface area contributed by atoms with Gasteiger partial charge in [-0.15, -0.1) is 22.5 Å². The lowest BCUT2D eigenvalue weighted by Crippen LogP contribution is -2.00. The van der Waals surface area contributed by atoms with Crippen LogP contribution in [0.4, 0.5) is 11.4 Å². The van der Waals surface area contributed by atoms with Crippen LogP contribution >= 0.6 is 0 Å². The van der Waals surface area contributed by atoms with E-state index in [0.29, 0.717) is 24.4 Å². The number of nitrogens with zero attached hydrogens (tertiary/aromatic N) is 4. The zero-order chi connectivity index (χ0) is 13.8. The Kier molecular flexibility index (Phi) is 3.43. The molecule has 0 bridgehead atoms. The lowest BCUT2D eigenvalue weighted by Gasteiger charge is -2.05. The molecule has 0 unspecified atom stereocenters. The molecule has 0 aliphatic rings. The average molecular weight is 257 g/mol. The first-order valence-corrected chi connectivity index (χ1v) is 5.49. The Morgan fingerprint density at radius 1 is 1.53 bits per heavy atom. The predicted octanol–water partition coefficient (Wildman–Crippen LogP) is 1.46. The van der Waals surface area contributed by atoms with E-state index in [1.54, 1.807) is 10.6 Å². The van der Waals surface area contributed by atoms with E-state index in [0.717, 1.165) is 0 Å². The number of terminal acetylenes is 1. The molecule has 0 aliphatic heterocycles. The molecule has 2 N–H and O–H groups in total. The van der Waals surface area contributed by atoms with Crippen molar-refractivity contribution in [1.29, 1.82) is 0 Å². The van der Waals surface area contributed by atoms with Gasteiger partial charge in [0.1, 0.15) is 12.0 Å². The van der Waals surface area contributed by atoms with Gasteiger partial charge in [-0.3, -0.25) is 10.1 Å². The van der Waals surface area contributed by atoms with Gasteiger partial charge in [0.2, 0.25) is 0 Å². The summed E-state index contributed by atoms with van der Waals surface area (Å²) in [5.41, 5.74) is 6.10. The molecule has 96 valence electrons. The van der Waals surface area contributed by atoms with Gasteiger partial charge in [0.15, 0.2) is 5.82 Å². The Bertz CT molecular complexity index is 656. The van der Waals surface area contributed by atoms with Gasteiger partial charge in [0.25, 0.3) is 5.69 Å². The predicted molar refractivity (Wildman–Crippen MR) is 70.0 cm³/mol. The smallest absolute Gasteiger partial charge is 0.292 e. The summed E-state index contributed by atoms with van der Waals surface area (Å²) in [4.78, 5) is 10.3. The van der Waals surface area contributed by atoms with Crippen molar-refractivity contribution in [3.8, 4) is 23.7 Å². The van der Waals surface area contributed by atoms with Gasteiger partial charge in [0, 0.05) is 24.6 Å². The van der Waals surface area contributed by atoms with Crippen LogP contribution in [-0.4, -0.2) is 19.7 Å². The van der Waals surface area contributed by atoms with E-state index in [1.807, 2.05) is 0 Å². The maximum Gasteiger partial charge on any atom is 0.292 e. The van der Waals surface area contributed by atoms with E-state index < -0.39 is 4.92 Å². The fourth-order valence-electron chi connectivity index (χ4n) is 1.67. The highest BCUT2D eigenvalue weighted by molar-refractivity contribution is 5.68. The van der Waals surface area contributed by atoms with Crippen LogP contribution in [-0.2, 0) is 6.54 Å². The molecular weight excluding hydrogens is 246 g/mol. The molecule has 0 fully saturated rings. The van der Waals surface area contributed by atoms with Crippen LogP contribution in [0.5, 0.6) is 0 Å². The molecule has 0 spiro atoms. The molecular formula is C12H11N5O2. The highest BCUT2D eigenvalue weighted by Crippen LogP contribution is 2.27. The Morgan fingerprint density at radius 3 is 3.00 bits per heavy atom. The number of nitrogens with two attached hydrogens (primary N) is 1. The normalized spacial score (nSPS) is 10.1. The summed E-state index contributed by atoms with van der Waals surface area (Å²) in [6.45, 7) is 0.553. The molecule has 0 atom stereocenters. The van der Waals surface area contributed by atoms with Crippen molar-refractivity contribution in [3.05, 3.63) is 34.6 Å². The average Bonchev–Trinajstić information content (AvgIpc) is 2.85. The molecule has 19 heavy (non-hydrogen) atoms. The third kappa shape index (κ3) is 2.52. The number of nitrogen functional groups attached to an aromatic ring is 1. The number of aryl methyl sites for hydroxylation is 1. The molecule has 0 radical (unpaired) electrons. The molecule has 7 nitrogen and oxygen atoms in total. The fourth-order valence-corrected chi connectivity index (χ4v) is 1.67. The molecule has 2 rings (SSSR count). The summed E-state index contributed by atoms with van der Waals surface area (Å²) in [7, 11) is 0. The number of aromatic nitrogens is 3. The van der Waals surface area contributed by atoms with E-state index in [1.165, 1.54) is 18.5 Å². The molecule has 1 heterocycles. The fraction of sp³-hybridized carbons (Fsp3) is 0.167. The summed E-state index contributed by atoms with van der Waals surface area (Å²) >= 11 is 0. The van der Waals surface area contributed by atoms with Crippen LogP contribution in [0.3, 0.4) is 0 Å². The van der Waals surface area contributed by atoms with Crippen molar-refractivity contribution in [2.24, 2.45) is 0 Å². The molecule has 0 saturated heterocycles. The second-order valence-corrected chi connectivity index (χ2v) is 3.83. The first-order chi connectivity index (χ1) is 9.13. The minimum Gasteiger partial charge on any atom is -0.393 e. The zero-order valence-electron chi connectivity index (χ0n) is 9.98. The number of hydrogen-bond donors (Lipinski definition) is 1. The monoisotopic (exact) mass is 257 g/mol. The minimum atomic E-state index is -0.527. The van der Waals surface area contributed by atoms with Gasteiger partial charge in [0.05, 0.1) is 4.92 Å². The van der Waals surface area contributed by atoms with E-state index in [2.05, 4.69) is 16.1 Å². The van der Waals surface area contributed by atoms with Crippen molar-refractivity contribution in [2.45, 2.75) is 13.0 Å². The lowest BCUT2D eigenvalue weighted by molar-refractivity contribution is -0.383. The standard InChI is InChI=1S/C12H11N5O2/c1-2-3-6-16-8-14-15-12(16)9-4-5-10(13)11(7-9)17(18)19/h1,4-5,7-8H,3,6,13H2. The Morgan fingerprint density at radius 2 is 2.32 bits per heavy atom. The SMILES string of the molecule is C#CCCn1cnnc1-c1ccc(N)c([N+](=O)[O-])c1. The van der Waals surface area contributed by atoms with Crippen molar-refractivity contribution in [2.75, 3.05) is 5.73 Å². The molecule has 1 aromatic heterocycles. The largest absolute Gasteiger partial charge is 0.393 e. The number of nitro groups is 1. The maximum absolute atomic E-state index is 10.9. The number of benzene rings is 1. The van der Waals surface area contributed by atoms with Crippen molar-refractivity contribution in [1.82, 2.24) is 14.8 Å². The van der Waals surface area contributed by atoms with Gasteiger partial charge >= 0.3 is 0 Å². The summed E-state index contributed by atoms with van der Waals surface area (Å²) in [5.74, 6) is 3.05. The molecule has 0 aliphatic carbocycles. The van der Waals surface area contributed by atoms with E-state index in [4.69, 9.17) is 12.2 Å². The third-order valence-electron chi connectivity index (χ3n) is 2.60. The van der Waals surface area contributed by atoms with E-state index >= 15 is 0 Å². The van der Waals surface area contributed by atoms with Crippen LogP contribution < -0.4 is 5.73 Å². The molecule has 1 aromatic carbocycles. The summed E-state index contributed by atoms with van der Waals surface area (Å²) < 4.78 is 1.75. The van der Waals surface area contributed by atoms with Crippen LogP contribution in [0.15, 0.2) is 24.5 Å². The number of nitro benzene ring substituents is 1. The van der Waals surface area contributed by atoms with Gasteiger partial charge in [-0.1, -0.05) is 0 Å². The number of hydrogen-bond acceptors (Lipinski definition) is 5. The van der Waals surface area contributed by atoms with Crippen LogP contribution in [0.25, 0.3) is 11.4 Å². The highest BCUT2D eigenvalue weighted by atomic mass is 16.6. The second-order valence-electron chi connectivity index (χ2n) is 3.83. The van der Waals surface area contributed by atoms with E-state index in [-0.39, 0.29) is 11.4 Å². The van der Waals surface area contributed by atoms with E-state index in [9.17, 15) is 10.1 Å². The topological polar surface area (TPSA) is 99.9 Å². The Hall–Kier alpha value is -2.88. The summed E-state index contributed by atoms with van der Waals surface area (Å²) in [6.07, 6.45) is 7.27. The highest BCUT2D eigenvalue weighted by Gasteiger charge is 2.15. The van der Waals surface area contributed by atoms with Gasteiger partial charge in [-0.25, -0.2) is 0 Å². The minimum absolute atomic E-state index is 0.114. The number of anilines is 1. The van der Waals surface area contributed by atoms with Crippen LogP contribution in [0.2, 0.25) is 0 Å². The summed E-state index contributed by atoms with van der Waals surface area (Å²) in [5, 5.41) is 18.6. The van der Waals surface area contributed by atoms with Crippen molar-refractivity contribution >= 4 is 11.4 Å². The van der Waals surface area contributed by atoms with Crippen LogP contribution in [0, 0.1) is 22.5 Å². The second kappa shape index (κ2) is 5.18. The first kappa shape index (κ1) is 12.6. The van der Waals surface area contributed by atoms with Crippen LogP contribution in [0.1, 0.15) is 6.42 Å². The van der Waals surface area contributed by atoms with Gasteiger partial charge < -0.3 is 10.3 Å². The Labute approximate surface area is 109 Å². The third-order valence-corrected chi connectivity index (χ3v) is 2.60. The quantitative estimate of drug-likeness (QED) is 0.387. The molecule has 2 aromatic rings. The zero-order valence-corrected chi connectivity index (χ0v) is 9.98. The van der Waals surface area contributed by atoms with Crippen molar-refractivity contribution in [3.63, 3.8) is 0 Å². The van der Waals surface area contributed by atoms with Gasteiger partial charge in [-0.2, -0.15) is 0 Å². The number of rotatable bonds is 4. The molecule has 7 heteroatoms.